The molecule has 15 nitrogen and oxygen atoms in total. The Labute approximate surface area is 437 Å². The van der Waals surface area contributed by atoms with Gasteiger partial charge in [-0.2, -0.15) is 5.26 Å². The van der Waals surface area contributed by atoms with Gasteiger partial charge in [-0.05, 0) is 119 Å². The summed E-state index contributed by atoms with van der Waals surface area (Å²) in [4.78, 5) is 85.0. The molecular formula is C59H75N5O10. The van der Waals surface area contributed by atoms with Crippen LogP contribution < -0.4 is 25.4 Å². The summed E-state index contributed by atoms with van der Waals surface area (Å²) in [5.74, 6) is -3.03. The van der Waals surface area contributed by atoms with Gasteiger partial charge in [0.15, 0.2) is 11.6 Å². The Morgan fingerprint density at radius 3 is 1.97 bits per heavy atom. The van der Waals surface area contributed by atoms with E-state index < -0.39 is 64.9 Å². The fourth-order valence-corrected chi connectivity index (χ4v) is 8.60. The lowest BCUT2D eigenvalue weighted by molar-refractivity contribution is -0.142. The fraction of sp³-hybridized carbons (Fsp3) is 0.475. The number of ether oxygens (including phenoxy) is 4. The van der Waals surface area contributed by atoms with E-state index in [1.807, 2.05) is 31.2 Å². The average Bonchev–Trinajstić information content (AvgIpc) is 3.34. The first-order chi connectivity index (χ1) is 35.1. The molecule has 5 rings (SSSR count). The maximum Gasteiger partial charge on any atom is 0.407 e. The predicted molar refractivity (Wildman–Crippen MR) is 285 cm³/mol. The number of likely N-dealkylation sites (N-methyl/N-ethyl adjacent to an activating group) is 1. The molecule has 0 saturated heterocycles. The molecule has 0 fully saturated rings. The van der Waals surface area contributed by atoms with E-state index in [0.717, 1.165) is 36.0 Å². The zero-order valence-electron chi connectivity index (χ0n) is 44.9. The Kier molecular flexibility index (Phi) is 20.8. The summed E-state index contributed by atoms with van der Waals surface area (Å²) in [6, 6.07) is 26.5. The number of alkyl carbamates (subject to hydrolysis) is 2. The fourth-order valence-electron chi connectivity index (χ4n) is 8.60. The highest BCUT2D eigenvalue weighted by molar-refractivity contribution is 6.00. The SMILES string of the molecule is CCCCc1ccc(-c2ccc(C(=O)C[C@@H](CNC(=O)OC(C)(C)C)C(=O)N(C)[C@@H]3C(=O)C[C@@H](C)C(=O)N[C@H](CC#N)Cc4ccc(OCCNC(=O)OC(C)(C)C)c(c4)-c4cc3ccc4OCCC)cc2)cc1. The van der Waals surface area contributed by atoms with Crippen LogP contribution in [0.15, 0.2) is 84.9 Å². The molecule has 3 N–H and O–H groups in total. The van der Waals surface area contributed by atoms with Crippen LogP contribution in [0.2, 0.25) is 0 Å². The number of ketones is 2. The number of carbonyl (C=O) groups is 6. The number of hydrogen-bond acceptors (Lipinski definition) is 11. The second kappa shape index (κ2) is 26.7. The van der Waals surface area contributed by atoms with Crippen LogP contribution in [0.5, 0.6) is 11.5 Å². The summed E-state index contributed by atoms with van der Waals surface area (Å²) in [6.45, 7) is 16.4. The van der Waals surface area contributed by atoms with Crippen LogP contribution in [-0.2, 0) is 36.7 Å². The first kappa shape index (κ1) is 57.7. The predicted octanol–water partition coefficient (Wildman–Crippen LogP) is 10.5. The third-order valence-electron chi connectivity index (χ3n) is 12.3. The summed E-state index contributed by atoms with van der Waals surface area (Å²) < 4.78 is 23.6. The largest absolute Gasteiger partial charge is 0.493 e. The van der Waals surface area contributed by atoms with Gasteiger partial charge in [-0.15, -0.1) is 0 Å². The summed E-state index contributed by atoms with van der Waals surface area (Å²) in [6.07, 6.45) is 2.19. The highest BCUT2D eigenvalue weighted by Crippen LogP contribution is 2.41. The summed E-state index contributed by atoms with van der Waals surface area (Å²) in [5.41, 5.74) is 4.24. The van der Waals surface area contributed by atoms with E-state index in [4.69, 9.17) is 18.9 Å². The number of nitriles is 1. The van der Waals surface area contributed by atoms with E-state index in [1.54, 1.807) is 84.9 Å². The molecule has 4 bridgehead atoms. The molecule has 4 atom stereocenters. The number of benzene rings is 4. The zero-order chi connectivity index (χ0) is 54.2. The van der Waals surface area contributed by atoms with Crippen molar-refractivity contribution in [1.29, 1.82) is 5.26 Å². The molecule has 0 aliphatic carbocycles. The van der Waals surface area contributed by atoms with E-state index in [2.05, 4.69) is 53.2 Å². The maximum absolute atomic E-state index is 15.1. The molecular weight excluding hydrogens is 939 g/mol. The molecule has 1 heterocycles. The van der Waals surface area contributed by atoms with Crippen molar-refractivity contribution in [3.05, 3.63) is 107 Å². The molecule has 0 unspecified atom stereocenters. The van der Waals surface area contributed by atoms with Gasteiger partial charge < -0.3 is 39.8 Å². The van der Waals surface area contributed by atoms with Crippen LogP contribution in [0.4, 0.5) is 9.59 Å². The van der Waals surface area contributed by atoms with Crippen molar-refractivity contribution in [2.24, 2.45) is 11.8 Å². The molecule has 0 saturated carbocycles. The number of Topliss-reactive ketones (excluding diaryl/α,β-unsaturated/α-hetero) is 2. The standard InChI is InChI=1S/C59H75N5O10/c1-11-13-14-39-15-18-41(19-16-39)42-20-22-43(23-21-42)49(65)36-45(37-62-57(70)74-59(7,8)9)55(68)64(10)53-44-24-26-52(71-30-12-2)48(35-44)47-34-40(33-46(27-28-60)63-54(67)38(3)32-50(53)66)17-25-51(47)72-31-29-61-56(69)73-58(4,5)6/h15-26,34-35,38,45-46,53H,11-14,27,29-33,36-37H2,1-10H3,(H,61,69)(H,62,70)(H,63,67)/t38-,45+,46-,53+/m1/s1. The van der Waals surface area contributed by atoms with Gasteiger partial charge >= 0.3 is 12.2 Å². The number of amides is 4. The Hall–Kier alpha value is -7.21. The molecule has 4 amide bonds. The molecule has 0 spiro atoms. The quantitative estimate of drug-likeness (QED) is 0.0596. The lowest BCUT2D eigenvalue weighted by Gasteiger charge is -2.32. The first-order valence-electron chi connectivity index (χ1n) is 25.7. The van der Waals surface area contributed by atoms with Crippen LogP contribution in [0, 0.1) is 23.2 Å². The van der Waals surface area contributed by atoms with Crippen LogP contribution in [-0.4, -0.2) is 91.1 Å². The summed E-state index contributed by atoms with van der Waals surface area (Å²) in [5, 5.41) is 18.2. The summed E-state index contributed by atoms with van der Waals surface area (Å²) in [7, 11) is 1.48. The molecule has 4 aromatic rings. The number of aryl methyl sites for hydroxylation is 1. The molecule has 4 aromatic carbocycles. The zero-order valence-corrected chi connectivity index (χ0v) is 44.9. The molecule has 74 heavy (non-hydrogen) atoms. The van der Waals surface area contributed by atoms with E-state index in [9.17, 15) is 29.2 Å². The van der Waals surface area contributed by atoms with Gasteiger partial charge in [0.25, 0.3) is 0 Å². The highest BCUT2D eigenvalue weighted by Gasteiger charge is 2.36. The molecule has 0 aromatic heterocycles. The Bertz CT molecular complexity index is 2630. The Morgan fingerprint density at radius 1 is 0.770 bits per heavy atom. The van der Waals surface area contributed by atoms with E-state index >= 15 is 4.79 Å². The topological polar surface area (TPSA) is 202 Å². The van der Waals surface area contributed by atoms with Crippen LogP contribution in [0.3, 0.4) is 0 Å². The van der Waals surface area contributed by atoms with Crippen molar-refractivity contribution in [1.82, 2.24) is 20.9 Å². The normalized spacial score (nSPS) is 16.3. The number of carbonyl (C=O) groups excluding carboxylic acids is 6. The van der Waals surface area contributed by atoms with Crippen molar-refractivity contribution in [3.63, 3.8) is 0 Å². The van der Waals surface area contributed by atoms with Gasteiger partial charge in [0.1, 0.15) is 35.3 Å². The van der Waals surface area contributed by atoms with Gasteiger partial charge in [0.2, 0.25) is 11.8 Å². The van der Waals surface area contributed by atoms with Gasteiger partial charge in [0, 0.05) is 55.1 Å². The molecule has 396 valence electrons. The maximum atomic E-state index is 15.1. The van der Waals surface area contributed by atoms with Gasteiger partial charge in [0.05, 0.1) is 31.6 Å². The van der Waals surface area contributed by atoms with Crippen LogP contribution in [0.25, 0.3) is 22.3 Å². The molecule has 0 radical (unpaired) electrons. The summed E-state index contributed by atoms with van der Waals surface area (Å²) >= 11 is 0. The monoisotopic (exact) mass is 1010 g/mol. The van der Waals surface area contributed by atoms with Gasteiger partial charge in [-0.3, -0.25) is 19.2 Å². The number of unbranched alkanes of at least 4 members (excludes halogenated alkanes) is 1. The molecule has 1 aliphatic rings. The van der Waals surface area contributed by atoms with Gasteiger partial charge in [-0.25, -0.2) is 9.59 Å². The second-order valence-corrected chi connectivity index (χ2v) is 21.0. The first-order valence-corrected chi connectivity index (χ1v) is 25.7. The minimum absolute atomic E-state index is 0.00883. The number of hydrogen-bond donors (Lipinski definition) is 3. The van der Waals surface area contributed by atoms with Crippen LogP contribution >= 0.6 is 0 Å². The lowest BCUT2D eigenvalue weighted by atomic mass is 9.88. The van der Waals surface area contributed by atoms with Crippen molar-refractivity contribution in [2.75, 3.05) is 33.4 Å². The minimum Gasteiger partial charge on any atom is -0.493 e. The van der Waals surface area contributed by atoms with E-state index in [1.165, 1.54) is 17.5 Å². The van der Waals surface area contributed by atoms with E-state index in [0.29, 0.717) is 46.8 Å². The van der Waals surface area contributed by atoms with Crippen molar-refractivity contribution >= 4 is 35.6 Å². The number of rotatable bonds is 19. The average molecular weight is 1010 g/mol. The van der Waals surface area contributed by atoms with Crippen molar-refractivity contribution in [2.45, 2.75) is 137 Å². The van der Waals surface area contributed by atoms with Crippen molar-refractivity contribution in [3.8, 4) is 39.8 Å². The number of nitrogens with zero attached hydrogens (tertiary/aromatic N) is 2. The third-order valence-corrected chi connectivity index (χ3v) is 12.3. The third kappa shape index (κ3) is 17.2. The second-order valence-electron chi connectivity index (χ2n) is 21.0. The lowest BCUT2D eigenvalue weighted by Crippen LogP contribution is -2.45. The number of nitrogens with one attached hydrogen (secondary N) is 3. The van der Waals surface area contributed by atoms with Crippen molar-refractivity contribution < 1.29 is 47.7 Å². The molecule has 1 aliphatic heterocycles. The highest BCUT2D eigenvalue weighted by atomic mass is 16.6. The van der Waals surface area contributed by atoms with Crippen LogP contribution in [0.1, 0.15) is 134 Å². The minimum atomic E-state index is -1.30. The number of fused-ring (bicyclic) bond motifs is 5. The Morgan fingerprint density at radius 2 is 1.36 bits per heavy atom. The molecule has 15 heteroatoms. The smallest absolute Gasteiger partial charge is 0.407 e. The Balaban J connectivity index is 1.56. The van der Waals surface area contributed by atoms with Gasteiger partial charge in [-0.1, -0.05) is 87.9 Å². The van der Waals surface area contributed by atoms with E-state index in [-0.39, 0.29) is 51.2 Å².